The summed E-state index contributed by atoms with van der Waals surface area (Å²) < 4.78 is 38.7. The highest BCUT2D eigenvalue weighted by molar-refractivity contribution is 7.89. The molecule has 0 spiro atoms. The van der Waals surface area contributed by atoms with Crippen molar-refractivity contribution in [3.05, 3.63) is 59.7 Å². The fraction of sp³-hybridized carbons (Fsp3) is 0.333. The van der Waals surface area contributed by atoms with Crippen LogP contribution in [0.15, 0.2) is 53.4 Å². The van der Waals surface area contributed by atoms with Gasteiger partial charge in [-0.1, -0.05) is 36.4 Å². The molecule has 2 aromatic carbocycles. The molecular weight excluding hydrogens is 326 g/mol. The zero-order valence-corrected chi connectivity index (χ0v) is 14.6. The van der Waals surface area contributed by atoms with Gasteiger partial charge in [0.15, 0.2) is 0 Å². The maximum Gasteiger partial charge on any atom is 0.246 e. The molecule has 0 radical (unpaired) electrons. The first-order valence-electron chi connectivity index (χ1n) is 7.83. The molecule has 1 atom stereocenters. The van der Waals surface area contributed by atoms with Gasteiger partial charge in [0.1, 0.15) is 10.6 Å². The lowest BCUT2D eigenvalue weighted by Gasteiger charge is -2.32. The lowest BCUT2D eigenvalue weighted by Crippen LogP contribution is -2.42. The molecule has 0 bridgehead atoms. The van der Waals surface area contributed by atoms with Crippen molar-refractivity contribution in [1.29, 1.82) is 0 Å². The van der Waals surface area contributed by atoms with Gasteiger partial charge in [-0.05, 0) is 30.2 Å². The summed E-state index contributed by atoms with van der Waals surface area (Å²) in [6.45, 7) is 2.86. The van der Waals surface area contributed by atoms with Crippen LogP contribution < -0.4 is 4.74 Å². The van der Waals surface area contributed by atoms with Crippen LogP contribution in [-0.2, 0) is 14.8 Å². The topological polar surface area (TPSA) is 55.8 Å². The molecular formula is C18H21NO4S. The number of hydrogen-bond acceptors (Lipinski definition) is 4. The third-order valence-electron chi connectivity index (χ3n) is 4.14. The highest BCUT2D eigenvalue weighted by atomic mass is 32.2. The number of aryl methyl sites for hydroxylation is 1. The zero-order chi connectivity index (χ0) is 17.2. The largest absolute Gasteiger partial charge is 0.495 e. The van der Waals surface area contributed by atoms with E-state index in [2.05, 4.69) is 0 Å². The van der Waals surface area contributed by atoms with E-state index in [4.69, 9.17) is 9.47 Å². The maximum atomic E-state index is 13.1. The molecule has 1 unspecified atom stereocenters. The Hall–Kier alpha value is -1.89. The molecule has 5 nitrogen and oxygen atoms in total. The van der Waals surface area contributed by atoms with Crippen LogP contribution in [0.25, 0.3) is 0 Å². The van der Waals surface area contributed by atoms with E-state index in [1.54, 1.807) is 12.1 Å². The van der Waals surface area contributed by atoms with Crippen LogP contribution in [0.1, 0.15) is 17.2 Å². The van der Waals surface area contributed by atoms with Crippen molar-refractivity contribution in [3.63, 3.8) is 0 Å². The molecule has 1 aliphatic heterocycles. The van der Waals surface area contributed by atoms with Crippen LogP contribution in [-0.4, -0.2) is 39.5 Å². The maximum absolute atomic E-state index is 13.1. The van der Waals surface area contributed by atoms with Gasteiger partial charge in [-0.15, -0.1) is 0 Å². The summed E-state index contributed by atoms with van der Waals surface area (Å²) in [6.07, 6.45) is -0.259. The van der Waals surface area contributed by atoms with Gasteiger partial charge in [0.05, 0.1) is 19.8 Å². The van der Waals surface area contributed by atoms with Crippen molar-refractivity contribution < 1.29 is 17.9 Å². The predicted octanol–water partition coefficient (Wildman–Crippen LogP) is 2.77. The smallest absolute Gasteiger partial charge is 0.246 e. The molecule has 0 aliphatic carbocycles. The van der Waals surface area contributed by atoms with Gasteiger partial charge in [-0.25, -0.2) is 8.42 Å². The quantitative estimate of drug-likeness (QED) is 0.853. The van der Waals surface area contributed by atoms with E-state index in [1.807, 2.05) is 43.3 Å². The van der Waals surface area contributed by atoms with Gasteiger partial charge in [0, 0.05) is 13.1 Å². The van der Waals surface area contributed by atoms with Gasteiger partial charge < -0.3 is 9.47 Å². The second kappa shape index (κ2) is 6.93. The van der Waals surface area contributed by atoms with Crippen LogP contribution >= 0.6 is 0 Å². The third kappa shape index (κ3) is 3.31. The minimum atomic E-state index is -3.64. The van der Waals surface area contributed by atoms with Gasteiger partial charge in [0.2, 0.25) is 10.0 Å². The summed E-state index contributed by atoms with van der Waals surface area (Å²) >= 11 is 0. The van der Waals surface area contributed by atoms with E-state index < -0.39 is 10.0 Å². The molecule has 3 rings (SSSR count). The van der Waals surface area contributed by atoms with Gasteiger partial charge >= 0.3 is 0 Å². The molecule has 0 amide bonds. The van der Waals surface area contributed by atoms with Crippen molar-refractivity contribution in [2.24, 2.45) is 0 Å². The Labute approximate surface area is 142 Å². The average molecular weight is 347 g/mol. The van der Waals surface area contributed by atoms with Crippen LogP contribution in [0.5, 0.6) is 5.75 Å². The molecule has 1 aliphatic rings. The highest BCUT2D eigenvalue weighted by Crippen LogP contribution is 2.31. The molecule has 0 N–H and O–H groups in total. The number of sulfonamides is 1. The molecule has 0 aromatic heterocycles. The number of morpholine rings is 1. The lowest BCUT2D eigenvalue weighted by atomic mass is 10.1. The van der Waals surface area contributed by atoms with Crippen molar-refractivity contribution in [2.75, 3.05) is 26.8 Å². The minimum absolute atomic E-state index is 0.207. The molecule has 128 valence electrons. The van der Waals surface area contributed by atoms with E-state index in [9.17, 15) is 8.42 Å². The normalized spacial score (nSPS) is 19.2. The van der Waals surface area contributed by atoms with E-state index >= 15 is 0 Å². The average Bonchev–Trinajstić information content (AvgIpc) is 2.62. The molecule has 24 heavy (non-hydrogen) atoms. The molecule has 1 saturated heterocycles. The second-order valence-electron chi connectivity index (χ2n) is 5.79. The summed E-state index contributed by atoms with van der Waals surface area (Å²) in [6, 6.07) is 14.9. The third-order valence-corrected chi connectivity index (χ3v) is 6.02. The number of methoxy groups -OCH3 is 1. The van der Waals surface area contributed by atoms with Crippen molar-refractivity contribution >= 4 is 10.0 Å². The first kappa shape index (κ1) is 17.0. The second-order valence-corrected chi connectivity index (χ2v) is 7.69. The van der Waals surface area contributed by atoms with E-state index in [0.717, 1.165) is 11.1 Å². The van der Waals surface area contributed by atoms with Crippen LogP contribution in [0.2, 0.25) is 0 Å². The number of hydrogen-bond donors (Lipinski definition) is 0. The monoisotopic (exact) mass is 347 g/mol. The van der Waals surface area contributed by atoms with Crippen LogP contribution in [0.3, 0.4) is 0 Å². The van der Waals surface area contributed by atoms with Crippen molar-refractivity contribution in [1.82, 2.24) is 4.31 Å². The van der Waals surface area contributed by atoms with Crippen LogP contribution in [0.4, 0.5) is 0 Å². The Morgan fingerprint density at radius 2 is 1.92 bits per heavy atom. The minimum Gasteiger partial charge on any atom is -0.495 e. The van der Waals surface area contributed by atoms with Crippen molar-refractivity contribution in [2.45, 2.75) is 17.9 Å². The summed E-state index contributed by atoms with van der Waals surface area (Å²) in [5.74, 6) is 0.364. The number of ether oxygens (including phenoxy) is 2. The van der Waals surface area contributed by atoms with Gasteiger partial charge in [-0.2, -0.15) is 4.31 Å². The zero-order valence-electron chi connectivity index (χ0n) is 13.8. The molecule has 2 aromatic rings. The number of nitrogens with zero attached hydrogens (tertiary/aromatic N) is 1. The predicted molar refractivity (Wildman–Crippen MR) is 91.6 cm³/mol. The lowest BCUT2D eigenvalue weighted by molar-refractivity contribution is -0.00259. The Morgan fingerprint density at radius 3 is 2.62 bits per heavy atom. The van der Waals surface area contributed by atoms with Crippen LogP contribution in [0, 0.1) is 6.92 Å². The fourth-order valence-electron chi connectivity index (χ4n) is 2.84. The summed E-state index contributed by atoms with van der Waals surface area (Å²) in [7, 11) is -2.16. The van der Waals surface area contributed by atoms with E-state index in [0.29, 0.717) is 25.4 Å². The fourth-order valence-corrected chi connectivity index (χ4v) is 4.50. The molecule has 0 saturated carbocycles. The number of benzene rings is 2. The molecule has 6 heteroatoms. The van der Waals surface area contributed by atoms with E-state index in [-0.39, 0.29) is 11.0 Å². The number of rotatable bonds is 4. The Bertz CT molecular complexity index is 805. The van der Waals surface area contributed by atoms with Gasteiger partial charge in [0.25, 0.3) is 0 Å². The Morgan fingerprint density at radius 1 is 1.17 bits per heavy atom. The molecule has 1 heterocycles. The first-order chi connectivity index (χ1) is 11.5. The van der Waals surface area contributed by atoms with Crippen molar-refractivity contribution in [3.8, 4) is 5.75 Å². The summed E-state index contributed by atoms with van der Waals surface area (Å²) in [4.78, 5) is 0.207. The summed E-state index contributed by atoms with van der Waals surface area (Å²) in [5.41, 5.74) is 1.86. The molecule has 1 fully saturated rings. The summed E-state index contributed by atoms with van der Waals surface area (Å²) in [5, 5.41) is 0. The SMILES string of the molecule is COc1ccc(C)cc1S(=O)(=O)N1CCOC(c2ccccc2)C1. The standard InChI is InChI=1S/C18H21NO4S/c1-14-8-9-16(22-2)18(12-14)24(20,21)19-10-11-23-17(13-19)15-6-4-3-5-7-15/h3-9,12,17H,10-11,13H2,1-2H3. The highest BCUT2D eigenvalue weighted by Gasteiger charge is 2.33. The Balaban J connectivity index is 1.91. The first-order valence-corrected chi connectivity index (χ1v) is 9.27. The Kier molecular flexibility index (Phi) is 4.89. The van der Waals surface area contributed by atoms with Gasteiger partial charge in [-0.3, -0.25) is 0 Å². The van der Waals surface area contributed by atoms with E-state index in [1.165, 1.54) is 11.4 Å².